The summed E-state index contributed by atoms with van der Waals surface area (Å²) in [5.74, 6) is 2.25. The number of aryl methyl sites for hydroxylation is 1. The van der Waals surface area contributed by atoms with E-state index in [1.807, 2.05) is 61.5 Å². The van der Waals surface area contributed by atoms with E-state index in [1.54, 1.807) is 30.6 Å². The molecule has 1 saturated heterocycles. The third-order valence-corrected chi connectivity index (χ3v) is 6.36. The lowest BCUT2D eigenvalue weighted by molar-refractivity contribution is -0.122. The van der Waals surface area contributed by atoms with Gasteiger partial charge in [-0.15, -0.1) is 5.10 Å². The number of nitrogens with zero attached hydrogens (tertiary/aromatic N) is 3. The van der Waals surface area contributed by atoms with Crippen LogP contribution in [-0.4, -0.2) is 35.9 Å². The fourth-order valence-electron chi connectivity index (χ4n) is 3.46. The zero-order valence-corrected chi connectivity index (χ0v) is 21.6. The van der Waals surface area contributed by atoms with E-state index in [-0.39, 0.29) is 12.5 Å². The Hall–Kier alpha value is -3.78. The van der Waals surface area contributed by atoms with Crippen LogP contribution in [0.5, 0.6) is 11.5 Å². The Labute approximate surface area is 215 Å². The molecule has 36 heavy (non-hydrogen) atoms. The number of amides is 1. The molecule has 2 heterocycles. The van der Waals surface area contributed by atoms with Gasteiger partial charge in [0.1, 0.15) is 5.76 Å². The molecule has 1 aliphatic rings. The van der Waals surface area contributed by atoms with Gasteiger partial charge in [0.05, 0.1) is 37.6 Å². The molecule has 0 aliphatic carbocycles. The molecule has 1 aliphatic heterocycles. The second-order valence-corrected chi connectivity index (χ2v) is 9.69. The van der Waals surface area contributed by atoms with E-state index >= 15 is 0 Å². The first-order valence-electron chi connectivity index (χ1n) is 11.7. The van der Waals surface area contributed by atoms with Crippen LogP contribution in [0, 0.1) is 12.8 Å². The number of benzene rings is 2. The van der Waals surface area contributed by atoms with E-state index in [9.17, 15) is 4.79 Å². The van der Waals surface area contributed by atoms with Crippen LogP contribution in [0.2, 0.25) is 0 Å². The highest BCUT2D eigenvalue weighted by atomic mass is 32.2. The molecule has 1 fully saturated rings. The zero-order chi connectivity index (χ0) is 25.5. The summed E-state index contributed by atoms with van der Waals surface area (Å²) in [5.41, 5.74) is 2.88. The average molecular weight is 504 g/mol. The predicted molar refractivity (Wildman–Crippen MR) is 144 cm³/mol. The lowest BCUT2D eigenvalue weighted by atomic mass is 10.1. The Morgan fingerprint density at radius 3 is 2.67 bits per heavy atom. The highest BCUT2D eigenvalue weighted by molar-refractivity contribution is 8.18. The van der Waals surface area contributed by atoms with Crippen molar-refractivity contribution in [2.24, 2.45) is 16.1 Å². The molecule has 1 aromatic heterocycles. The van der Waals surface area contributed by atoms with Crippen LogP contribution in [0.3, 0.4) is 0 Å². The minimum absolute atomic E-state index is 0.137. The predicted octanol–water partition coefficient (Wildman–Crippen LogP) is 6.14. The van der Waals surface area contributed by atoms with E-state index in [4.69, 9.17) is 13.9 Å². The van der Waals surface area contributed by atoms with Gasteiger partial charge in [-0.3, -0.25) is 9.69 Å². The molecule has 8 heteroatoms. The number of rotatable bonds is 9. The van der Waals surface area contributed by atoms with E-state index in [2.05, 4.69) is 24.1 Å². The Kier molecular flexibility index (Phi) is 8.28. The normalized spacial score (nSPS) is 16.1. The number of carbonyl (C=O) groups excluding carboxylic acids is 1. The molecule has 0 unspecified atom stereocenters. The summed E-state index contributed by atoms with van der Waals surface area (Å²) in [6.07, 6.45) is 5.11. The molecule has 0 N–H and O–H groups in total. The quantitative estimate of drug-likeness (QED) is 0.199. The smallest absolute Gasteiger partial charge is 0.267 e. The number of hydrogen-bond donors (Lipinski definition) is 0. The number of carbonyl (C=O) groups is 1. The number of hydrogen-bond acceptors (Lipinski definition) is 7. The van der Waals surface area contributed by atoms with Crippen molar-refractivity contribution in [3.63, 3.8) is 0 Å². The molecule has 4 rings (SSSR count). The van der Waals surface area contributed by atoms with Crippen LogP contribution < -0.4 is 9.47 Å². The number of methoxy groups -OCH3 is 1. The molecule has 0 radical (unpaired) electrons. The van der Waals surface area contributed by atoms with Gasteiger partial charge >= 0.3 is 0 Å². The van der Waals surface area contributed by atoms with Gasteiger partial charge in [-0.25, -0.2) is 0 Å². The van der Waals surface area contributed by atoms with Crippen LogP contribution in [0.4, 0.5) is 0 Å². The van der Waals surface area contributed by atoms with Gasteiger partial charge in [-0.1, -0.05) is 38.1 Å². The van der Waals surface area contributed by atoms with Crippen molar-refractivity contribution in [2.75, 3.05) is 13.7 Å². The second kappa shape index (κ2) is 11.8. The van der Waals surface area contributed by atoms with Crippen LogP contribution >= 0.6 is 11.8 Å². The van der Waals surface area contributed by atoms with Crippen molar-refractivity contribution in [1.29, 1.82) is 0 Å². The maximum absolute atomic E-state index is 13.3. The molecular weight excluding hydrogens is 474 g/mol. The van der Waals surface area contributed by atoms with Crippen molar-refractivity contribution in [1.82, 2.24) is 4.90 Å². The van der Waals surface area contributed by atoms with Gasteiger partial charge < -0.3 is 13.9 Å². The van der Waals surface area contributed by atoms with Crippen LogP contribution in [0.1, 0.15) is 36.3 Å². The minimum atomic E-state index is -0.137. The standard InChI is InChI=1S/C28H29N3O4S/c1-19(2)18-35-24-12-11-21(14-25(24)33-4)16-29-30-28-31(17-23-10-7-13-34-23)27(32)26(36-28)15-22-9-6-5-8-20(22)3/h5-16,19H,17-18H2,1-4H3/b26-15-,29-16+,30-28-. The van der Waals surface area contributed by atoms with Crippen molar-refractivity contribution in [3.8, 4) is 11.5 Å². The van der Waals surface area contributed by atoms with E-state index in [0.29, 0.717) is 39.9 Å². The Morgan fingerprint density at radius 2 is 1.94 bits per heavy atom. The van der Waals surface area contributed by atoms with Crippen molar-refractivity contribution in [2.45, 2.75) is 27.3 Å². The van der Waals surface area contributed by atoms with Crippen molar-refractivity contribution < 1.29 is 18.7 Å². The van der Waals surface area contributed by atoms with E-state index in [1.165, 1.54) is 11.8 Å². The van der Waals surface area contributed by atoms with Gasteiger partial charge in [0.25, 0.3) is 5.91 Å². The maximum atomic E-state index is 13.3. The topological polar surface area (TPSA) is 76.6 Å². The third kappa shape index (κ3) is 6.26. The number of amidine groups is 1. The molecular formula is C28H29N3O4S. The third-order valence-electron chi connectivity index (χ3n) is 5.37. The first-order valence-corrected chi connectivity index (χ1v) is 12.5. The van der Waals surface area contributed by atoms with E-state index < -0.39 is 0 Å². The average Bonchev–Trinajstić information content (AvgIpc) is 3.48. The summed E-state index contributed by atoms with van der Waals surface area (Å²) >= 11 is 1.29. The molecule has 0 bridgehead atoms. The summed E-state index contributed by atoms with van der Waals surface area (Å²) in [5, 5.41) is 9.13. The molecule has 3 aromatic rings. The van der Waals surface area contributed by atoms with Crippen molar-refractivity contribution in [3.05, 3.63) is 88.2 Å². The fourth-order valence-corrected chi connectivity index (χ4v) is 4.38. The lowest BCUT2D eigenvalue weighted by Crippen LogP contribution is -2.28. The Morgan fingerprint density at radius 1 is 1.11 bits per heavy atom. The second-order valence-electron chi connectivity index (χ2n) is 8.68. The monoisotopic (exact) mass is 503 g/mol. The first-order chi connectivity index (χ1) is 17.4. The molecule has 1 amide bonds. The molecule has 2 aromatic carbocycles. The first kappa shape index (κ1) is 25.3. The minimum Gasteiger partial charge on any atom is -0.493 e. The number of furan rings is 1. The SMILES string of the molecule is COc1cc(/C=N/N=C2\S/C(=C\c3ccccc3C)C(=O)N2Cc2ccco2)ccc1OCC(C)C. The zero-order valence-electron chi connectivity index (χ0n) is 20.8. The van der Waals surface area contributed by atoms with Gasteiger partial charge in [0.15, 0.2) is 16.7 Å². The summed E-state index contributed by atoms with van der Waals surface area (Å²) < 4.78 is 16.8. The van der Waals surface area contributed by atoms with Crippen LogP contribution in [0.15, 0.2) is 80.4 Å². The summed E-state index contributed by atoms with van der Waals surface area (Å²) in [6, 6.07) is 17.2. The van der Waals surface area contributed by atoms with Crippen LogP contribution in [-0.2, 0) is 11.3 Å². The van der Waals surface area contributed by atoms with Crippen LogP contribution in [0.25, 0.3) is 6.08 Å². The molecule has 0 saturated carbocycles. The van der Waals surface area contributed by atoms with Crippen molar-refractivity contribution >= 4 is 35.1 Å². The Bertz CT molecular complexity index is 1300. The highest BCUT2D eigenvalue weighted by Crippen LogP contribution is 2.34. The van der Waals surface area contributed by atoms with E-state index in [0.717, 1.165) is 16.7 Å². The number of thioether (sulfide) groups is 1. The van der Waals surface area contributed by atoms with Gasteiger partial charge in [0, 0.05) is 0 Å². The van der Waals surface area contributed by atoms with Gasteiger partial charge in [-0.2, -0.15) is 5.10 Å². The molecule has 0 spiro atoms. The van der Waals surface area contributed by atoms with Gasteiger partial charge in [-0.05, 0) is 77.7 Å². The summed E-state index contributed by atoms with van der Waals surface area (Å²) in [6.45, 7) is 7.08. The summed E-state index contributed by atoms with van der Waals surface area (Å²) in [4.78, 5) is 15.4. The molecule has 0 atom stereocenters. The lowest BCUT2D eigenvalue weighted by Gasteiger charge is -2.13. The fraction of sp³-hybridized carbons (Fsp3) is 0.250. The van der Waals surface area contributed by atoms with Gasteiger partial charge in [0.2, 0.25) is 0 Å². The molecule has 186 valence electrons. The molecule has 7 nitrogen and oxygen atoms in total. The summed E-state index contributed by atoms with van der Waals surface area (Å²) in [7, 11) is 1.61. The largest absolute Gasteiger partial charge is 0.493 e. The number of ether oxygens (including phenoxy) is 2. The Balaban J connectivity index is 1.58. The maximum Gasteiger partial charge on any atom is 0.267 e. The highest BCUT2D eigenvalue weighted by Gasteiger charge is 2.34.